The summed E-state index contributed by atoms with van der Waals surface area (Å²) in [5, 5.41) is 9.11. The second-order valence-corrected chi connectivity index (χ2v) is 19.4. The second kappa shape index (κ2) is 18.0. The minimum Gasteiger partial charge on any atom is -0.493 e. The molecule has 0 aliphatic heterocycles. The molecule has 5 heterocycles. The zero-order chi connectivity index (χ0) is 45.6. The van der Waals surface area contributed by atoms with Gasteiger partial charge < -0.3 is 22.9 Å². The van der Waals surface area contributed by atoms with Crippen molar-refractivity contribution in [3.05, 3.63) is 180 Å². The molecule has 0 aliphatic carbocycles. The number of hydrogen-bond donors (Lipinski definition) is 0. The molecule has 6 nitrogen and oxygen atoms in total. The number of rotatable bonds is 16. The van der Waals surface area contributed by atoms with Crippen LogP contribution < -0.4 is 10.4 Å². The van der Waals surface area contributed by atoms with Crippen molar-refractivity contribution >= 4 is 87.7 Å². The summed E-state index contributed by atoms with van der Waals surface area (Å²) in [5.41, 5.74) is 9.82. The van der Waals surface area contributed by atoms with Gasteiger partial charge in [-0.25, -0.2) is 4.79 Å². The average Bonchev–Trinajstić information content (AvgIpc) is 4.15. The number of fused-ring (bicyclic) bond motifs is 10. The predicted octanol–water partition coefficient (Wildman–Crippen LogP) is 17.1. The Morgan fingerprint density at radius 2 is 0.941 bits per heavy atom. The van der Waals surface area contributed by atoms with Gasteiger partial charge in [0.15, 0.2) is 0 Å². The van der Waals surface area contributed by atoms with Crippen LogP contribution in [0.2, 0.25) is 0 Å². The fourth-order valence-corrected chi connectivity index (χ4v) is 11.7. The Kier molecular flexibility index (Phi) is 11.2. The molecule has 12 aromatic rings. The van der Waals surface area contributed by atoms with E-state index in [1.807, 2.05) is 24.3 Å². The Labute approximate surface area is 399 Å². The maximum absolute atomic E-state index is 13.8. The van der Waals surface area contributed by atoms with E-state index in [-0.39, 0.29) is 5.63 Å². The van der Waals surface area contributed by atoms with E-state index < -0.39 is 0 Å². The molecule has 0 spiro atoms. The lowest BCUT2D eigenvalue weighted by atomic mass is 10.1. The van der Waals surface area contributed by atoms with Gasteiger partial charge in [0.25, 0.3) is 0 Å². The first kappa shape index (κ1) is 42.0. The number of benzene rings is 7. The Morgan fingerprint density at radius 3 is 1.47 bits per heavy atom. The van der Waals surface area contributed by atoms with Gasteiger partial charge in [-0.3, -0.25) is 0 Å². The summed E-state index contributed by atoms with van der Waals surface area (Å²) in [6, 6.07) is 60.4. The zero-order valence-corrected chi connectivity index (χ0v) is 39.2. The van der Waals surface area contributed by atoms with Crippen molar-refractivity contribution in [3.63, 3.8) is 0 Å². The largest absolute Gasteiger partial charge is 0.493 e. The highest BCUT2D eigenvalue weighted by Crippen LogP contribution is 2.41. The van der Waals surface area contributed by atoms with E-state index >= 15 is 0 Å². The van der Waals surface area contributed by atoms with Crippen molar-refractivity contribution in [2.45, 2.75) is 71.1 Å². The van der Waals surface area contributed by atoms with Gasteiger partial charge in [0.05, 0.1) is 45.3 Å². The highest BCUT2D eigenvalue weighted by molar-refractivity contribution is 7.18. The first-order valence-electron chi connectivity index (χ1n) is 24.5. The van der Waals surface area contributed by atoms with E-state index in [0.29, 0.717) is 17.8 Å². The van der Waals surface area contributed by atoms with Crippen LogP contribution in [-0.4, -0.2) is 20.3 Å². The van der Waals surface area contributed by atoms with E-state index in [1.165, 1.54) is 101 Å². The van der Waals surface area contributed by atoms with Crippen LogP contribution in [0.15, 0.2) is 179 Å². The van der Waals surface area contributed by atoms with Crippen LogP contribution in [0, 0.1) is 0 Å². The lowest BCUT2D eigenvalue weighted by Gasteiger charge is -2.09. The number of para-hydroxylation sites is 4. The fourth-order valence-electron chi connectivity index (χ4n) is 10.6. The predicted molar refractivity (Wildman–Crippen MR) is 286 cm³/mol. The van der Waals surface area contributed by atoms with E-state index in [1.54, 1.807) is 11.3 Å². The topological polar surface area (TPSA) is 54.2 Å². The minimum absolute atomic E-state index is 0.355. The SMILES string of the molecule is CCCCCCCCCCCCOc1ccc2cc(-c3ccc(-n4c5ccc(-n6c7ccccc7c7ccccc76)cc5c5cc(-n6c7ccccc7c7ccccc76)ccc54)s3)c(=O)oc2c1. The van der Waals surface area contributed by atoms with Crippen LogP contribution in [0.25, 0.3) is 103 Å². The zero-order valence-electron chi connectivity index (χ0n) is 38.4. The maximum Gasteiger partial charge on any atom is 0.345 e. The average molecular weight is 908 g/mol. The van der Waals surface area contributed by atoms with Crippen molar-refractivity contribution in [1.82, 2.24) is 13.7 Å². The molecular formula is C61H53N3O3S. The molecule has 0 saturated heterocycles. The fraction of sp³-hybridized carbons (Fsp3) is 0.197. The van der Waals surface area contributed by atoms with Gasteiger partial charge in [-0.05, 0) is 97.4 Å². The molecule has 0 atom stereocenters. The van der Waals surface area contributed by atoms with E-state index in [0.717, 1.165) is 60.6 Å². The molecule has 0 saturated carbocycles. The molecule has 0 aliphatic rings. The molecule has 5 aromatic heterocycles. The number of ether oxygens (including phenoxy) is 1. The number of hydrogen-bond acceptors (Lipinski definition) is 4. The molecule has 12 rings (SSSR count). The van der Waals surface area contributed by atoms with Gasteiger partial charge in [-0.2, -0.15) is 0 Å². The highest BCUT2D eigenvalue weighted by atomic mass is 32.1. The number of unbranched alkanes of at least 4 members (excludes halogenated alkanes) is 9. The minimum atomic E-state index is -0.355. The molecular weight excluding hydrogens is 855 g/mol. The van der Waals surface area contributed by atoms with Gasteiger partial charge >= 0.3 is 5.63 Å². The lowest BCUT2D eigenvalue weighted by molar-refractivity contribution is 0.304. The van der Waals surface area contributed by atoms with Gasteiger partial charge in [-0.15, -0.1) is 11.3 Å². The van der Waals surface area contributed by atoms with Crippen molar-refractivity contribution in [3.8, 4) is 32.6 Å². The molecule has 7 aromatic carbocycles. The molecule has 0 fully saturated rings. The van der Waals surface area contributed by atoms with Gasteiger partial charge in [0, 0.05) is 60.0 Å². The van der Waals surface area contributed by atoms with E-state index in [9.17, 15) is 4.79 Å². The summed E-state index contributed by atoms with van der Waals surface area (Å²) in [5.74, 6) is 0.733. The van der Waals surface area contributed by atoms with Gasteiger partial charge in [0.2, 0.25) is 0 Å². The molecule has 0 amide bonds. The van der Waals surface area contributed by atoms with Crippen LogP contribution >= 0.6 is 11.3 Å². The summed E-state index contributed by atoms with van der Waals surface area (Å²) in [7, 11) is 0. The molecule has 0 radical (unpaired) electrons. The summed E-state index contributed by atoms with van der Waals surface area (Å²) < 4.78 is 19.3. The first-order chi connectivity index (χ1) is 33.6. The van der Waals surface area contributed by atoms with Gasteiger partial charge in [-0.1, -0.05) is 138 Å². The Balaban J connectivity index is 0.901. The Hall–Kier alpha value is -7.35. The van der Waals surface area contributed by atoms with Gasteiger partial charge in [0.1, 0.15) is 16.3 Å². The summed E-state index contributed by atoms with van der Waals surface area (Å²) in [6.07, 6.45) is 12.8. The Morgan fingerprint density at radius 1 is 0.456 bits per heavy atom. The second-order valence-electron chi connectivity index (χ2n) is 18.3. The van der Waals surface area contributed by atoms with Crippen molar-refractivity contribution < 1.29 is 9.15 Å². The van der Waals surface area contributed by atoms with Crippen LogP contribution in [0.5, 0.6) is 5.75 Å². The molecule has 0 N–H and O–H groups in total. The maximum atomic E-state index is 13.8. The normalized spacial score (nSPS) is 12.0. The van der Waals surface area contributed by atoms with Crippen LogP contribution in [-0.2, 0) is 0 Å². The monoisotopic (exact) mass is 907 g/mol. The molecule has 68 heavy (non-hydrogen) atoms. The van der Waals surface area contributed by atoms with Crippen LogP contribution in [0.1, 0.15) is 71.1 Å². The molecule has 0 bridgehead atoms. The van der Waals surface area contributed by atoms with Crippen molar-refractivity contribution in [2.24, 2.45) is 0 Å². The number of aromatic nitrogens is 3. The number of nitrogens with zero attached hydrogens (tertiary/aromatic N) is 3. The van der Waals surface area contributed by atoms with E-state index in [4.69, 9.17) is 9.15 Å². The number of thiophene rings is 1. The van der Waals surface area contributed by atoms with Crippen molar-refractivity contribution in [2.75, 3.05) is 6.61 Å². The smallest absolute Gasteiger partial charge is 0.345 e. The lowest BCUT2D eigenvalue weighted by Crippen LogP contribution is -2.02. The van der Waals surface area contributed by atoms with Crippen LogP contribution in [0.3, 0.4) is 0 Å². The quantitative estimate of drug-likeness (QED) is 0.0717. The molecule has 0 unspecified atom stereocenters. The molecule has 336 valence electrons. The summed E-state index contributed by atoms with van der Waals surface area (Å²) in [6.45, 7) is 2.93. The third kappa shape index (κ3) is 7.46. The standard InChI is InChI=1S/C61H53N3O3S/c1-2-3-4-5-6-7-8-9-10-19-36-66-44-31-28-41-37-51(61(65)67-58(41)40-44)59-34-35-60(68-59)64-56-32-29-42(62-52-24-15-11-20-45(52)46-21-12-16-25-53(46)62)38-49(56)50-39-43(30-33-57(50)64)63-54-26-17-13-22-47(54)48-23-14-18-27-55(48)63/h11-18,20-35,37-40H,2-10,19,36H2,1H3. The molecule has 7 heteroatoms. The Bertz CT molecular complexity index is 3600. The van der Waals surface area contributed by atoms with Crippen molar-refractivity contribution in [1.29, 1.82) is 0 Å². The van der Waals surface area contributed by atoms with Crippen LogP contribution in [0.4, 0.5) is 0 Å². The van der Waals surface area contributed by atoms with E-state index in [2.05, 4.69) is 166 Å². The third-order valence-corrected chi connectivity index (χ3v) is 15.1. The summed E-state index contributed by atoms with van der Waals surface area (Å²) >= 11 is 1.60. The first-order valence-corrected chi connectivity index (χ1v) is 25.3. The highest BCUT2D eigenvalue weighted by Gasteiger charge is 2.21. The third-order valence-electron chi connectivity index (χ3n) is 14.0. The summed E-state index contributed by atoms with van der Waals surface area (Å²) in [4.78, 5) is 14.6.